The molecule has 2 N–H and O–H groups in total. The molecule has 0 bridgehead atoms. The van der Waals surface area contributed by atoms with Crippen LogP contribution in [0, 0.1) is 6.92 Å². The first-order chi connectivity index (χ1) is 15.5. The highest BCUT2D eigenvalue weighted by molar-refractivity contribution is 6.05. The topological polar surface area (TPSA) is 106 Å². The number of carbonyl (C=O) groups is 2. The number of fused-ring (bicyclic) bond motifs is 1. The molecular formula is C24H22N4O4. The summed E-state index contributed by atoms with van der Waals surface area (Å²) in [5.74, 6) is -0.707. The third-order valence-electron chi connectivity index (χ3n) is 4.82. The minimum atomic E-state index is -0.427. The molecule has 4 aromatic rings. The normalized spacial score (nSPS) is 10.7. The van der Waals surface area contributed by atoms with Gasteiger partial charge in [-0.1, -0.05) is 17.3 Å². The lowest BCUT2D eigenvalue weighted by Crippen LogP contribution is -2.13. The van der Waals surface area contributed by atoms with Crippen LogP contribution >= 0.6 is 0 Å². The van der Waals surface area contributed by atoms with E-state index in [9.17, 15) is 9.59 Å². The van der Waals surface area contributed by atoms with Crippen molar-refractivity contribution in [2.45, 2.75) is 20.4 Å². The second-order valence-corrected chi connectivity index (χ2v) is 7.15. The molecule has 2 heterocycles. The molecule has 8 nitrogen and oxygen atoms in total. The number of esters is 1. The predicted octanol–water partition coefficient (Wildman–Crippen LogP) is 4.57. The first kappa shape index (κ1) is 21.0. The van der Waals surface area contributed by atoms with E-state index in [0.717, 1.165) is 22.3 Å². The van der Waals surface area contributed by atoms with E-state index in [1.54, 1.807) is 55.6 Å². The number of aryl methyl sites for hydroxylation is 1. The summed E-state index contributed by atoms with van der Waals surface area (Å²) >= 11 is 0. The molecule has 32 heavy (non-hydrogen) atoms. The van der Waals surface area contributed by atoms with Gasteiger partial charge in [0.2, 0.25) is 0 Å². The third-order valence-corrected chi connectivity index (χ3v) is 4.82. The molecule has 1 amide bonds. The van der Waals surface area contributed by atoms with Crippen molar-refractivity contribution in [2.24, 2.45) is 0 Å². The number of pyridine rings is 1. The Kier molecular flexibility index (Phi) is 6.12. The van der Waals surface area contributed by atoms with Gasteiger partial charge in [-0.3, -0.25) is 4.79 Å². The first-order valence-electron chi connectivity index (χ1n) is 10.2. The van der Waals surface area contributed by atoms with Crippen molar-refractivity contribution in [1.82, 2.24) is 10.1 Å². The monoisotopic (exact) mass is 430 g/mol. The van der Waals surface area contributed by atoms with Gasteiger partial charge in [0, 0.05) is 29.7 Å². The zero-order valence-electron chi connectivity index (χ0n) is 17.7. The number of nitrogens with one attached hydrogen (secondary N) is 2. The van der Waals surface area contributed by atoms with Gasteiger partial charge in [-0.2, -0.15) is 0 Å². The fourth-order valence-electron chi connectivity index (χ4n) is 3.20. The van der Waals surface area contributed by atoms with E-state index >= 15 is 0 Å². The molecule has 0 aliphatic rings. The summed E-state index contributed by atoms with van der Waals surface area (Å²) in [4.78, 5) is 28.9. The van der Waals surface area contributed by atoms with Crippen molar-refractivity contribution in [3.63, 3.8) is 0 Å². The highest BCUT2D eigenvalue weighted by Crippen LogP contribution is 2.19. The van der Waals surface area contributed by atoms with Gasteiger partial charge in [0.1, 0.15) is 0 Å². The fourth-order valence-corrected chi connectivity index (χ4v) is 3.20. The molecule has 0 saturated heterocycles. The van der Waals surface area contributed by atoms with Crippen molar-refractivity contribution >= 4 is 34.4 Å². The Morgan fingerprint density at radius 3 is 2.59 bits per heavy atom. The van der Waals surface area contributed by atoms with Crippen molar-refractivity contribution in [3.05, 3.63) is 83.2 Å². The van der Waals surface area contributed by atoms with Gasteiger partial charge in [0.05, 0.1) is 23.3 Å². The van der Waals surface area contributed by atoms with Gasteiger partial charge >= 0.3 is 5.97 Å². The summed E-state index contributed by atoms with van der Waals surface area (Å²) in [5.41, 5.74) is 4.45. The number of hydrogen-bond acceptors (Lipinski definition) is 7. The third kappa shape index (κ3) is 4.75. The molecule has 0 unspecified atom stereocenters. The van der Waals surface area contributed by atoms with E-state index in [1.807, 2.05) is 19.1 Å². The average molecular weight is 430 g/mol. The molecule has 0 spiro atoms. The highest BCUT2D eigenvalue weighted by Gasteiger charge is 2.11. The molecule has 0 saturated carbocycles. The molecule has 4 rings (SSSR count). The Labute approximate surface area is 184 Å². The summed E-state index contributed by atoms with van der Waals surface area (Å²) < 4.78 is 10.1. The maximum Gasteiger partial charge on any atom is 0.338 e. The zero-order valence-corrected chi connectivity index (χ0v) is 17.7. The van der Waals surface area contributed by atoms with Crippen LogP contribution in [0.25, 0.3) is 11.1 Å². The van der Waals surface area contributed by atoms with Gasteiger partial charge in [-0.25, -0.2) is 9.78 Å². The zero-order chi connectivity index (χ0) is 22.5. The fraction of sp³-hybridized carbons (Fsp3) is 0.167. The largest absolute Gasteiger partial charge is 0.462 e. The molecule has 0 aliphatic carbocycles. The van der Waals surface area contributed by atoms with Crippen LogP contribution in [0.2, 0.25) is 0 Å². The van der Waals surface area contributed by atoms with Gasteiger partial charge in [0.25, 0.3) is 11.6 Å². The number of carbonyl (C=O) groups excluding carboxylic acids is 2. The summed E-state index contributed by atoms with van der Waals surface area (Å²) in [5, 5.41) is 10.9. The molecule has 162 valence electrons. The van der Waals surface area contributed by atoms with Crippen LogP contribution in [0.15, 0.2) is 65.3 Å². The Bertz CT molecular complexity index is 1280. The maximum absolute atomic E-state index is 12.7. The maximum atomic E-state index is 12.7. The van der Waals surface area contributed by atoms with Gasteiger partial charge in [0.15, 0.2) is 0 Å². The lowest BCUT2D eigenvalue weighted by molar-refractivity contribution is 0.0526. The molecule has 2 aromatic heterocycles. The molecule has 0 aliphatic heterocycles. The van der Waals surface area contributed by atoms with E-state index in [1.165, 1.54) is 0 Å². The van der Waals surface area contributed by atoms with E-state index in [4.69, 9.17) is 9.26 Å². The first-order valence-corrected chi connectivity index (χ1v) is 10.2. The standard InChI is InChI=1S/C24H22N4O4/c1-3-31-24(30)18-7-5-9-20(12-18)27-22(29)17-6-4-8-19(11-17)25-13-16-10-21-15(2)28-32-23(21)26-14-16/h4-12,14,25H,3,13H2,1-2H3,(H,27,29). The van der Waals surface area contributed by atoms with Crippen molar-refractivity contribution in [3.8, 4) is 0 Å². The minimum Gasteiger partial charge on any atom is -0.462 e. The quantitative estimate of drug-likeness (QED) is 0.414. The summed E-state index contributed by atoms with van der Waals surface area (Å²) in [6, 6.07) is 15.8. The molecule has 0 atom stereocenters. The number of benzene rings is 2. The molecular weight excluding hydrogens is 408 g/mol. The minimum absolute atomic E-state index is 0.280. The molecule has 8 heteroatoms. The average Bonchev–Trinajstić information content (AvgIpc) is 3.18. The second kappa shape index (κ2) is 9.30. The van der Waals surface area contributed by atoms with E-state index in [-0.39, 0.29) is 12.5 Å². The van der Waals surface area contributed by atoms with Crippen LogP contribution in [-0.2, 0) is 11.3 Å². The number of nitrogens with zero attached hydrogens (tertiary/aromatic N) is 2. The Morgan fingerprint density at radius 1 is 1.03 bits per heavy atom. The van der Waals surface area contributed by atoms with Crippen LogP contribution < -0.4 is 10.6 Å². The SMILES string of the molecule is CCOC(=O)c1cccc(NC(=O)c2cccc(NCc3cnc4onc(C)c4c3)c2)c1. The van der Waals surface area contributed by atoms with Crippen LogP contribution in [0.3, 0.4) is 0 Å². The Morgan fingerprint density at radius 2 is 1.78 bits per heavy atom. The van der Waals surface area contributed by atoms with Gasteiger partial charge in [-0.05, 0) is 61.9 Å². The van der Waals surface area contributed by atoms with Gasteiger partial charge in [-0.15, -0.1) is 0 Å². The Balaban J connectivity index is 1.43. The predicted molar refractivity (Wildman–Crippen MR) is 121 cm³/mol. The summed E-state index contributed by atoms with van der Waals surface area (Å²) in [6.07, 6.45) is 1.73. The van der Waals surface area contributed by atoms with Crippen LogP contribution in [0.5, 0.6) is 0 Å². The molecule has 2 aromatic carbocycles. The highest BCUT2D eigenvalue weighted by atomic mass is 16.5. The summed E-state index contributed by atoms with van der Waals surface area (Å²) in [7, 11) is 0. The van der Waals surface area contributed by atoms with E-state index < -0.39 is 5.97 Å². The van der Waals surface area contributed by atoms with Crippen molar-refractivity contribution in [1.29, 1.82) is 0 Å². The van der Waals surface area contributed by atoms with Crippen LogP contribution in [0.4, 0.5) is 11.4 Å². The number of anilines is 2. The number of hydrogen-bond donors (Lipinski definition) is 2. The second-order valence-electron chi connectivity index (χ2n) is 7.15. The molecule has 0 fully saturated rings. The van der Waals surface area contributed by atoms with Crippen molar-refractivity contribution in [2.75, 3.05) is 17.2 Å². The Hall–Kier alpha value is -4.20. The lowest BCUT2D eigenvalue weighted by atomic mass is 10.1. The number of amides is 1. The van der Waals surface area contributed by atoms with Gasteiger partial charge < -0.3 is 19.9 Å². The van der Waals surface area contributed by atoms with Crippen LogP contribution in [-0.4, -0.2) is 28.6 Å². The molecule has 0 radical (unpaired) electrons. The number of rotatable bonds is 7. The number of aromatic nitrogens is 2. The smallest absolute Gasteiger partial charge is 0.338 e. The summed E-state index contributed by atoms with van der Waals surface area (Å²) in [6.45, 7) is 4.43. The lowest BCUT2D eigenvalue weighted by Gasteiger charge is -2.10. The number of ether oxygens (including phenoxy) is 1. The van der Waals surface area contributed by atoms with E-state index in [2.05, 4.69) is 20.8 Å². The van der Waals surface area contributed by atoms with E-state index in [0.29, 0.717) is 29.1 Å². The van der Waals surface area contributed by atoms with Crippen molar-refractivity contribution < 1.29 is 18.8 Å². The van der Waals surface area contributed by atoms with Crippen LogP contribution in [0.1, 0.15) is 38.9 Å².